The maximum Gasteiger partial charge on any atom is 0.303 e. The molecule has 2 heterocycles. The van der Waals surface area contributed by atoms with E-state index in [1.54, 1.807) is 36.3 Å². The number of methoxy groups -OCH3 is 1. The van der Waals surface area contributed by atoms with Crippen molar-refractivity contribution >= 4 is 11.9 Å². The standard InChI is InChI=1S/C28H29FN4O4/c1-37-22-10-8-18(9-11-22)27-23(19-6-7-20(16-30)24(29)14-19)15-25(33(27)13-3-5-26(34)35)28(36)32-12-2-4-21(31)17-32/h6-11,14-15,21H,2-5,12-13,17,31H2,1H3,(H,34,35)/t21-/m1/s1. The van der Waals surface area contributed by atoms with E-state index >= 15 is 0 Å². The summed E-state index contributed by atoms with van der Waals surface area (Å²) in [5, 5.41) is 18.4. The van der Waals surface area contributed by atoms with Gasteiger partial charge in [-0.3, -0.25) is 9.59 Å². The molecular weight excluding hydrogens is 475 g/mol. The van der Waals surface area contributed by atoms with Crippen LogP contribution in [-0.4, -0.2) is 52.7 Å². The fourth-order valence-corrected chi connectivity index (χ4v) is 4.76. The van der Waals surface area contributed by atoms with Crippen molar-refractivity contribution in [3.63, 3.8) is 0 Å². The molecule has 0 aliphatic carbocycles. The minimum atomic E-state index is -0.928. The number of ether oxygens (including phenoxy) is 1. The van der Waals surface area contributed by atoms with Gasteiger partial charge in [0.1, 0.15) is 23.3 Å². The van der Waals surface area contributed by atoms with E-state index in [1.165, 1.54) is 12.1 Å². The maximum absolute atomic E-state index is 14.7. The van der Waals surface area contributed by atoms with Crippen molar-refractivity contribution in [3.05, 3.63) is 65.6 Å². The summed E-state index contributed by atoms with van der Waals surface area (Å²) in [5.74, 6) is -1.14. The number of amides is 1. The molecule has 3 N–H and O–H groups in total. The largest absolute Gasteiger partial charge is 0.497 e. The number of carboxylic acid groups (broad SMARTS) is 1. The molecule has 8 nitrogen and oxygen atoms in total. The van der Waals surface area contributed by atoms with Crippen LogP contribution in [0.25, 0.3) is 22.4 Å². The number of piperidine rings is 1. The molecule has 1 amide bonds. The molecular formula is C28H29FN4O4. The number of nitriles is 1. The van der Waals surface area contributed by atoms with Crippen LogP contribution in [0.3, 0.4) is 0 Å². The van der Waals surface area contributed by atoms with E-state index in [-0.39, 0.29) is 30.5 Å². The van der Waals surface area contributed by atoms with Crippen LogP contribution in [0.2, 0.25) is 0 Å². The minimum Gasteiger partial charge on any atom is -0.497 e. The Labute approximate surface area is 214 Å². The molecule has 192 valence electrons. The van der Waals surface area contributed by atoms with Gasteiger partial charge in [0.05, 0.1) is 18.4 Å². The smallest absolute Gasteiger partial charge is 0.303 e. The van der Waals surface area contributed by atoms with E-state index in [2.05, 4.69) is 0 Å². The lowest BCUT2D eigenvalue weighted by molar-refractivity contribution is -0.137. The average molecular weight is 505 g/mol. The number of aliphatic carboxylic acids is 1. The van der Waals surface area contributed by atoms with Crippen LogP contribution in [-0.2, 0) is 11.3 Å². The Balaban J connectivity index is 1.91. The van der Waals surface area contributed by atoms with Crippen LogP contribution < -0.4 is 10.5 Å². The van der Waals surface area contributed by atoms with Crippen molar-refractivity contribution in [3.8, 4) is 34.2 Å². The fraction of sp³-hybridized carbons (Fsp3) is 0.321. The first-order valence-electron chi connectivity index (χ1n) is 12.2. The number of carbonyl (C=O) groups is 2. The van der Waals surface area contributed by atoms with Crippen molar-refractivity contribution < 1.29 is 23.8 Å². The Morgan fingerprint density at radius 1 is 1.19 bits per heavy atom. The second-order valence-electron chi connectivity index (χ2n) is 9.13. The Morgan fingerprint density at radius 3 is 2.54 bits per heavy atom. The van der Waals surface area contributed by atoms with Crippen molar-refractivity contribution in [1.29, 1.82) is 5.26 Å². The molecule has 1 aliphatic rings. The van der Waals surface area contributed by atoms with Crippen LogP contribution in [0.5, 0.6) is 5.75 Å². The van der Waals surface area contributed by atoms with E-state index in [4.69, 9.17) is 10.5 Å². The third-order valence-corrected chi connectivity index (χ3v) is 6.60. The number of hydrogen-bond donors (Lipinski definition) is 2. The summed E-state index contributed by atoms with van der Waals surface area (Å²) in [4.78, 5) is 26.7. The molecule has 9 heteroatoms. The third kappa shape index (κ3) is 5.65. The highest BCUT2D eigenvalue weighted by molar-refractivity contribution is 5.98. The van der Waals surface area contributed by atoms with Crippen molar-refractivity contribution in [2.45, 2.75) is 38.3 Å². The summed E-state index contributed by atoms with van der Waals surface area (Å²) in [5.41, 5.74) is 8.96. The molecule has 37 heavy (non-hydrogen) atoms. The number of rotatable bonds is 8. The highest BCUT2D eigenvalue weighted by Gasteiger charge is 2.28. The Morgan fingerprint density at radius 2 is 1.92 bits per heavy atom. The number of aromatic nitrogens is 1. The molecule has 1 aliphatic heterocycles. The Hall–Kier alpha value is -4.16. The van der Waals surface area contributed by atoms with Crippen LogP contribution in [0.1, 0.15) is 41.7 Å². The van der Waals surface area contributed by atoms with E-state index < -0.39 is 11.8 Å². The summed E-state index contributed by atoms with van der Waals surface area (Å²) >= 11 is 0. The van der Waals surface area contributed by atoms with Crippen LogP contribution in [0.15, 0.2) is 48.5 Å². The highest BCUT2D eigenvalue weighted by atomic mass is 19.1. The predicted molar refractivity (Wildman–Crippen MR) is 137 cm³/mol. The van der Waals surface area contributed by atoms with Gasteiger partial charge in [-0.1, -0.05) is 6.07 Å². The van der Waals surface area contributed by atoms with Crippen LogP contribution in [0, 0.1) is 17.1 Å². The second-order valence-corrected chi connectivity index (χ2v) is 9.13. The summed E-state index contributed by atoms with van der Waals surface area (Å²) in [6.45, 7) is 1.27. The molecule has 4 rings (SSSR count). The first kappa shape index (κ1) is 25.9. The second kappa shape index (κ2) is 11.3. The van der Waals surface area contributed by atoms with E-state index in [9.17, 15) is 24.3 Å². The summed E-state index contributed by atoms with van der Waals surface area (Å²) < 4.78 is 21.8. The number of carbonyl (C=O) groups excluding carboxylic acids is 1. The van der Waals surface area contributed by atoms with Gasteiger partial charge in [0, 0.05) is 37.7 Å². The van der Waals surface area contributed by atoms with Crippen LogP contribution in [0.4, 0.5) is 4.39 Å². The predicted octanol–water partition coefficient (Wildman–Crippen LogP) is 4.27. The summed E-state index contributed by atoms with van der Waals surface area (Å²) in [6, 6.07) is 15.1. The van der Waals surface area contributed by atoms with E-state index in [0.29, 0.717) is 47.8 Å². The molecule has 1 saturated heterocycles. The molecule has 1 aromatic heterocycles. The zero-order valence-electron chi connectivity index (χ0n) is 20.6. The SMILES string of the molecule is COc1ccc(-c2c(-c3ccc(C#N)c(F)c3)cc(C(=O)N3CCC[C@@H](N)C3)n2CCCC(=O)O)cc1. The number of carboxylic acids is 1. The molecule has 0 unspecified atom stereocenters. The van der Waals surface area contributed by atoms with Gasteiger partial charge in [-0.05, 0) is 72.9 Å². The lowest BCUT2D eigenvalue weighted by atomic mass is 9.99. The quantitative estimate of drug-likeness (QED) is 0.473. The first-order valence-corrected chi connectivity index (χ1v) is 12.2. The van der Waals surface area contributed by atoms with Crippen molar-refractivity contribution in [1.82, 2.24) is 9.47 Å². The van der Waals surface area contributed by atoms with Crippen molar-refractivity contribution in [2.24, 2.45) is 5.73 Å². The number of benzene rings is 2. The summed E-state index contributed by atoms with van der Waals surface area (Å²) in [7, 11) is 1.56. The molecule has 1 atom stereocenters. The fourth-order valence-electron chi connectivity index (χ4n) is 4.76. The molecule has 2 aromatic carbocycles. The maximum atomic E-state index is 14.7. The molecule has 3 aromatic rings. The van der Waals surface area contributed by atoms with Crippen LogP contribution >= 0.6 is 0 Å². The van der Waals surface area contributed by atoms with Gasteiger partial charge in [0.2, 0.25) is 0 Å². The summed E-state index contributed by atoms with van der Waals surface area (Å²) in [6.07, 6.45) is 1.87. The average Bonchev–Trinajstić information content (AvgIpc) is 3.27. The normalized spacial score (nSPS) is 15.3. The van der Waals surface area contributed by atoms with Crippen molar-refractivity contribution in [2.75, 3.05) is 20.2 Å². The number of nitrogens with two attached hydrogens (primary N) is 1. The van der Waals surface area contributed by atoms with Gasteiger partial charge in [-0.25, -0.2) is 4.39 Å². The van der Waals surface area contributed by atoms with E-state index in [1.807, 2.05) is 22.8 Å². The molecule has 0 saturated carbocycles. The van der Waals surface area contributed by atoms with Gasteiger partial charge in [-0.15, -0.1) is 0 Å². The zero-order chi connectivity index (χ0) is 26.5. The van der Waals surface area contributed by atoms with E-state index in [0.717, 1.165) is 18.4 Å². The Kier molecular flexibility index (Phi) is 7.89. The number of halogens is 1. The molecule has 1 fully saturated rings. The lowest BCUT2D eigenvalue weighted by Gasteiger charge is -2.31. The van der Waals surface area contributed by atoms with Gasteiger partial charge in [0.25, 0.3) is 5.91 Å². The molecule has 0 bridgehead atoms. The molecule has 0 spiro atoms. The van der Waals surface area contributed by atoms with Gasteiger partial charge in [0.15, 0.2) is 0 Å². The monoisotopic (exact) mass is 504 g/mol. The Bertz CT molecular complexity index is 1340. The van der Waals surface area contributed by atoms with Gasteiger partial charge >= 0.3 is 5.97 Å². The van der Waals surface area contributed by atoms with Gasteiger partial charge in [-0.2, -0.15) is 5.26 Å². The number of hydrogen-bond acceptors (Lipinski definition) is 5. The minimum absolute atomic E-state index is 0.0662. The third-order valence-electron chi connectivity index (χ3n) is 6.60. The van der Waals surface area contributed by atoms with Gasteiger partial charge < -0.3 is 25.0 Å². The lowest BCUT2D eigenvalue weighted by Crippen LogP contribution is -2.46. The number of nitrogens with zero attached hydrogens (tertiary/aromatic N) is 3. The molecule has 0 radical (unpaired) electrons. The zero-order valence-corrected chi connectivity index (χ0v) is 20.6. The first-order chi connectivity index (χ1) is 17.8. The topological polar surface area (TPSA) is 122 Å². The highest BCUT2D eigenvalue weighted by Crippen LogP contribution is 2.37. The number of likely N-dealkylation sites (tertiary alicyclic amines) is 1.